The molecule has 2 heterocycles. The first-order valence-corrected chi connectivity index (χ1v) is 9.10. The lowest BCUT2D eigenvalue weighted by molar-refractivity contribution is 1.04. The summed E-state index contributed by atoms with van der Waals surface area (Å²) in [6.45, 7) is 0. The van der Waals surface area contributed by atoms with Crippen molar-refractivity contribution in [3.8, 4) is 27.6 Å². The summed E-state index contributed by atoms with van der Waals surface area (Å²) in [7, 11) is 0. The van der Waals surface area contributed by atoms with E-state index in [9.17, 15) is 0 Å². The van der Waals surface area contributed by atoms with Gasteiger partial charge in [-0.05, 0) is 35.9 Å². The van der Waals surface area contributed by atoms with E-state index in [1.807, 2.05) is 30.3 Å². The Morgan fingerprint density at radius 1 is 1.00 bits per heavy atom. The van der Waals surface area contributed by atoms with Gasteiger partial charge in [-0.15, -0.1) is 5.10 Å². The van der Waals surface area contributed by atoms with Crippen LogP contribution in [0.1, 0.15) is 0 Å². The number of aromatic amines is 1. The number of nitrogens with zero attached hydrogens (tertiary/aromatic N) is 4. The molecule has 5 nitrogen and oxygen atoms in total. The van der Waals surface area contributed by atoms with Crippen molar-refractivity contribution in [2.24, 2.45) is 0 Å². The Hall–Kier alpha value is -2.06. The van der Waals surface area contributed by atoms with Crippen molar-refractivity contribution >= 4 is 47.0 Å². The Kier molecular flexibility index (Phi) is 4.39. The average Bonchev–Trinajstić information content (AvgIpc) is 3.23. The first kappa shape index (κ1) is 16.4. The lowest BCUT2D eigenvalue weighted by atomic mass is 10.1. The molecule has 9 heteroatoms. The number of para-hydroxylation sites is 1. The molecule has 2 aromatic heterocycles. The highest BCUT2D eigenvalue weighted by Gasteiger charge is 2.21. The fourth-order valence-electron chi connectivity index (χ4n) is 2.48. The minimum Gasteiger partial charge on any atom is -0.264 e. The summed E-state index contributed by atoms with van der Waals surface area (Å²) < 4.78 is 6.18. The molecule has 0 bridgehead atoms. The van der Waals surface area contributed by atoms with E-state index in [0.29, 0.717) is 26.3 Å². The van der Waals surface area contributed by atoms with Gasteiger partial charge in [0.15, 0.2) is 10.6 Å². The zero-order valence-electron chi connectivity index (χ0n) is 12.5. The van der Waals surface area contributed by atoms with E-state index in [0.717, 1.165) is 16.1 Å². The number of halogens is 2. The molecular formula is C16H9Cl2N5S2. The zero-order valence-corrected chi connectivity index (χ0v) is 15.6. The van der Waals surface area contributed by atoms with Gasteiger partial charge in [0.2, 0.25) is 0 Å². The van der Waals surface area contributed by atoms with E-state index >= 15 is 0 Å². The number of H-pyrrole nitrogens is 1. The number of nitrogens with one attached hydrogen (secondary N) is 1. The summed E-state index contributed by atoms with van der Waals surface area (Å²) in [5, 5.41) is 12.4. The van der Waals surface area contributed by atoms with Crippen LogP contribution in [-0.2, 0) is 0 Å². The van der Waals surface area contributed by atoms with Gasteiger partial charge in [-0.1, -0.05) is 64.1 Å². The van der Waals surface area contributed by atoms with Crippen molar-refractivity contribution < 1.29 is 0 Å². The number of benzene rings is 2. The third-order valence-electron chi connectivity index (χ3n) is 3.57. The van der Waals surface area contributed by atoms with Crippen LogP contribution >= 0.6 is 47.0 Å². The maximum Gasteiger partial charge on any atom is 0.200 e. The number of aromatic nitrogens is 5. The van der Waals surface area contributed by atoms with E-state index < -0.39 is 0 Å². The molecule has 0 saturated heterocycles. The van der Waals surface area contributed by atoms with Crippen LogP contribution < -0.4 is 0 Å². The van der Waals surface area contributed by atoms with Crippen LogP contribution in [0.3, 0.4) is 0 Å². The first-order chi connectivity index (χ1) is 12.2. The molecule has 0 unspecified atom stereocenters. The van der Waals surface area contributed by atoms with Crippen LogP contribution in [0, 0.1) is 4.77 Å². The molecule has 0 aliphatic rings. The highest BCUT2D eigenvalue weighted by molar-refractivity contribution is 7.71. The van der Waals surface area contributed by atoms with Crippen LogP contribution in [-0.4, -0.2) is 24.4 Å². The molecule has 0 spiro atoms. The van der Waals surface area contributed by atoms with Gasteiger partial charge in [0.25, 0.3) is 0 Å². The number of hydrogen-bond donors (Lipinski definition) is 1. The lowest BCUT2D eigenvalue weighted by Gasteiger charge is -2.10. The van der Waals surface area contributed by atoms with E-state index in [2.05, 4.69) is 19.8 Å². The summed E-state index contributed by atoms with van der Waals surface area (Å²) in [6.07, 6.45) is 0. The second kappa shape index (κ2) is 6.68. The Labute approximate surface area is 162 Å². The van der Waals surface area contributed by atoms with Crippen molar-refractivity contribution in [2.45, 2.75) is 0 Å². The van der Waals surface area contributed by atoms with Crippen LogP contribution in [0.5, 0.6) is 0 Å². The zero-order chi connectivity index (χ0) is 17.4. The molecule has 4 aromatic rings. The van der Waals surface area contributed by atoms with Crippen molar-refractivity contribution in [1.29, 1.82) is 0 Å². The van der Waals surface area contributed by atoms with Gasteiger partial charge in [-0.2, -0.15) is 5.10 Å². The van der Waals surface area contributed by atoms with E-state index in [1.165, 1.54) is 11.5 Å². The molecule has 1 N–H and O–H groups in total. The predicted molar refractivity (Wildman–Crippen MR) is 103 cm³/mol. The van der Waals surface area contributed by atoms with Crippen LogP contribution in [0.2, 0.25) is 10.0 Å². The minimum atomic E-state index is 0.386. The maximum atomic E-state index is 6.36. The molecule has 0 aliphatic heterocycles. The van der Waals surface area contributed by atoms with Gasteiger partial charge in [0.05, 0.1) is 15.7 Å². The van der Waals surface area contributed by atoms with Gasteiger partial charge in [-0.25, -0.2) is 0 Å². The Bertz CT molecular complexity index is 1080. The monoisotopic (exact) mass is 405 g/mol. The van der Waals surface area contributed by atoms with Crippen LogP contribution in [0.25, 0.3) is 27.6 Å². The largest absolute Gasteiger partial charge is 0.264 e. The first-order valence-electron chi connectivity index (χ1n) is 7.17. The highest BCUT2D eigenvalue weighted by atomic mass is 35.5. The Morgan fingerprint density at radius 3 is 2.44 bits per heavy atom. The van der Waals surface area contributed by atoms with E-state index in [-0.39, 0.29) is 0 Å². The molecule has 0 amide bonds. The maximum absolute atomic E-state index is 6.36. The van der Waals surface area contributed by atoms with Gasteiger partial charge in [0.1, 0.15) is 10.6 Å². The molecule has 4 rings (SSSR count). The Balaban J connectivity index is 1.97. The smallest absolute Gasteiger partial charge is 0.200 e. The molecule has 2 aromatic carbocycles. The summed E-state index contributed by atoms with van der Waals surface area (Å²) >= 11 is 19.4. The Morgan fingerprint density at radius 2 is 1.72 bits per heavy atom. The minimum absolute atomic E-state index is 0.386. The van der Waals surface area contributed by atoms with E-state index in [4.69, 9.17) is 35.4 Å². The van der Waals surface area contributed by atoms with E-state index in [1.54, 1.807) is 22.8 Å². The average molecular weight is 406 g/mol. The quantitative estimate of drug-likeness (QED) is 0.462. The third kappa shape index (κ3) is 2.89. The predicted octanol–water partition coefficient (Wildman–Crippen LogP) is 5.42. The summed E-state index contributed by atoms with van der Waals surface area (Å²) in [6, 6.07) is 15.1. The van der Waals surface area contributed by atoms with Crippen molar-refractivity contribution in [1.82, 2.24) is 24.4 Å². The molecule has 0 saturated carbocycles. The van der Waals surface area contributed by atoms with Crippen molar-refractivity contribution in [2.75, 3.05) is 0 Å². The second-order valence-corrected chi connectivity index (χ2v) is 7.03. The van der Waals surface area contributed by atoms with Crippen molar-refractivity contribution in [3.63, 3.8) is 0 Å². The van der Waals surface area contributed by atoms with Crippen LogP contribution in [0.15, 0.2) is 48.5 Å². The third-order valence-corrected chi connectivity index (χ3v) is 5.18. The summed E-state index contributed by atoms with van der Waals surface area (Å²) in [4.78, 5) is 0.773. The fourth-order valence-corrected chi connectivity index (χ4v) is 3.94. The topological polar surface area (TPSA) is 59.4 Å². The van der Waals surface area contributed by atoms with Crippen molar-refractivity contribution in [3.05, 3.63) is 63.3 Å². The number of rotatable bonds is 3. The molecule has 0 radical (unpaired) electrons. The van der Waals surface area contributed by atoms with Gasteiger partial charge in [-0.3, -0.25) is 9.67 Å². The van der Waals surface area contributed by atoms with Gasteiger partial charge in [0, 0.05) is 5.56 Å². The standard InChI is InChI=1S/C16H9Cl2N5S2/c17-10-7-4-8-11(18)13(10)23-15(20-21-16(23)24)14-12(19-22-25-14)9-5-2-1-3-6-9/h1-8H,(H,21,24). The second-order valence-electron chi connectivity index (χ2n) is 5.07. The summed E-state index contributed by atoms with van der Waals surface area (Å²) in [5.74, 6) is 0.564. The molecule has 0 fully saturated rings. The highest BCUT2D eigenvalue weighted by Crippen LogP contribution is 2.36. The van der Waals surface area contributed by atoms with Gasteiger partial charge >= 0.3 is 0 Å². The van der Waals surface area contributed by atoms with Gasteiger partial charge < -0.3 is 0 Å². The normalized spacial score (nSPS) is 11.0. The molecule has 0 atom stereocenters. The molecule has 0 aliphatic carbocycles. The summed E-state index contributed by atoms with van der Waals surface area (Å²) in [5.41, 5.74) is 2.24. The number of hydrogen-bond acceptors (Lipinski definition) is 5. The molecular weight excluding hydrogens is 397 g/mol. The molecule has 124 valence electrons. The van der Waals surface area contributed by atoms with Crippen LogP contribution in [0.4, 0.5) is 0 Å². The lowest BCUT2D eigenvalue weighted by Crippen LogP contribution is -1.99. The fraction of sp³-hybridized carbons (Fsp3) is 0. The SMILES string of the molecule is S=c1[nH]nc(-c2snnc2-c2ccccc2)n1-c1c(Cl)cccc1Cl. The molecule has 25 heavy (non-hydrogen) atoms.